The second kappa shape index (κ2) is 8.51. The smallest absolute Gasteiger partial charge is 0.227 e. The number of rotatable bonds is 5. The van der Waals surface area contributed by atoms with Crippen LogP contribution in [-0.4, -0.2) is 38.0 Å². The van der Waals surface area contributed by atoms with Gasteiger partial charge in [-0.15, -0.1) is 0 Å². The zero-order valence-electron chi connectivity index (χ0n) is 18.2. The van der Waals surface area contributed by atoms with E-state index in [1.807, 2.05) is 54.1 Å². The molecule has 0 spiro atoms. The predicted molar refractivity (Wildman–Crippen MR) is 123 cm³/mol. The van der Waals surface area contributed by atoms with Crippen LogP contribution in [-0.2, 0) is 19.4 Å². The van der Waals surface area contributed by atoms with Crippen molar-refractivity contribution in [2.24, 2.45) is 0 Å². The molecule has 0 fully saturated rings. The molecule has 0 saturated carbocycles. The van der Waals surface area contributed by atoms with Crippen molar-refractivity contribution < 1.29 is 4.39 Å². The lowest BCUT2D eigenvalue weighted by Crippen LogP contribution is -2.29. The lowest BCUT2D eigenvalue weighted by atomic mass is 9.99. The first-order valence-corrected chi connectivity index (χ1v) is 10.7. The molecule has 5 rings (SSSR count). The summed E-state index contributed by atoms with van der Waals surface area (Å²) in [4.78, 5) is 16.1. The SMILES string of the molecule is Cc1nccn1-c1ccc(Nc2nc3c(c(Cc4ccccc4F)n2)CN(C)CC3)cc1. The van der Waals surface area contributed by atoms with Gasteiger partial charge in [-0.2, -0.15) is 0 Å². The van der Waals surface area contributed by atoms with E-state index in [0.29, 0.717) is 17.9 Å². The summed E-state index contributed by atoms with van der Waals surface area (Å²) in [6, 6.07) is 15.0. The van der Waals surface area contributed by atoms with Gasteiger partial charge in [-0.25, -0.2) is 19.3 Å². The summed E-state index contributed by atoms with van der Waals surface area (Å²) >= 11 is 0. The van der Waals surface area contributed by atoms with E-state index in [1.54, 1.807) is 12.3 Å². The van der Waals surface area contributed by atoms with E-state index in [-0.39, 0.29) is 5.82 Å². The Morgan fingerprint density at radius 1 is 1.06 bits per heavy atom. The van der Waals surface area contributed by atoms with E-state index < -0.39 is 0 Å². The van der Waals surface area contributed by atoms with Crippen LogP contribution in [0.1, 0.15) is 28.3 Å². The van der Waals surface area contributed by atoms with Crippen LogP contribution < -0.4 is 5.32 Å². The van der Waals surface area contributed by atoms with Crippen molar-refractivity contribution >= 4 is 11.6 Å². The molecular formula is C25H25FN6. The third kappa shape index (κ3) is 4.11. The highest BCUT2D eigenvalue weighted by molar-refractivity contribution is 5.56. The molecule has 6 nitrogen and oxygen atoms in total. The van der Waals surface area contributed by atoms with E-state index in [9.17, 15) is 4.39 Å². The van der Waals surface area contributed by atoms with Gasteiger partial charge < -0.3 is 14.8 Å². The van der Waals surface area contributed by atoms with Gasteiger partial charge in [-0.3, -0.25) is 0 Å². The number of aromatic nitrogens is 4. The number of aryl methyl sites for hydroxylation is 1. The molecule has 1 N–H and O–H groups in total. The number of hydrogen-bond acceptors (Lipinski definition) is 5. The van der Waals surface area contributed by atoms with Crippen molar-refractivity contribution in [3.05, 3.63) is 95.1 Å². The first-order chi connectivity index (χ1) is 15.6. The minimum absolute atomic E-state index is 0.205. The molecule has 3 heterocycles. The van der Waals surface area contributed by atoms with E-state index in [4.69, 9.17) is 9.97 Å². The van der Waals surface area contributed by atoms with Gasteiger partial charge in [0, 0.05) is 55.3 Å². The van der Waals surface area contributed by atoms with E-state index >= 15 is 0 Å². The monoisotopic (exact) mass is 428 g/mol. The standard InChI is InChI=1S/C25H25FN6/c1-17-27-12-14-32(17)20-9-7-19(8-10-20)28-25-29-23-11-13-31(2)16-21(23)24(30-25)15-18-5-3-4-6-22(18)26/h3-10,12,14H,11,13,15-16H2,1-2H3,(H,28,29,30). The fourth-order valence-electron chi connectivity index (χ4n) is 4.13. The van der Waals surface area contributed by atoms with Gasteiger partial charge in [-0.05, 0) is 49.9 Å². The Balaban J connectivity index is 1.45. The molecule has 0 saturated heterocycles. The second-order valence-corrected chi connectivity index (χ2v) is 8.19. The Hall–Kier alpha value is -3.58. The molecule has 1 aliphatic rings. The average Bonchev–Trinajstić information content (AvgIpc) is 3.22. The molecule has 0 amide bonds. The number of fused-ring (bicyclic) bond motifs is 1. The van der Waals surface area contributed by atoms with Crippen LogP contribution in [0.25, 0.3) is 5.69 Å². The largest absolute Gasteiger partial charge is 0.324 e. The maximum atomic E-state index is 14.3. The first-order valence-electron chi connectivity index (χ1n) is 10.7. The summed E-state index contributed by atoms with van der Waals surface area (Å²) in [6.07, 6.45) is 5.03. The van der Waals surface area contributed by atoms with Crippen molar-refractivity contribution in [1.82, 2.24) is 24.4 Å². The molecule has 0 radical (unpaired) electrons. The van der Waals surface area contributed by atoms with Gasteiger partial charge in [0.15, 0.2) is 0 Å². The molecule has 162 valence electrons. The minimum atomic E-state index is -0.205. The molecule has 2 aromatic heterocycles. The van der Waals surface area contributed by atoms with Crippen molar-refractivity contribution in [3.8, 4) is 5.69 Å². The number of anilines is 2. The normalized spacial score (nSPS) is 13.7. The van der Waals surface area contributed by atoms with Crippen LogP contribution >= 0.6 is 0 Å². The highest BCUT2D eigenvalue weighted by Gasteiger charge is 2.21. The van der Waals surface area contributed by atoms with Gasteiger partial charge in [0.2, 0.25) is 5.95 Å². The molecule has 1 aliphatic heterocycles. The summed E-state index contributed by atoms with van der Waals surface area (Å²) in [5.41, 5.74) is 5.61. The fraction of sp³-hybridized carbons (Fsp3) is 0.240. The van der Waals surface area contributed by atoms with Crippen LogP contribution in [0.5, 0.6) is 0 Å². The van der Waals surface area contributed by atoms with Crippen LogP contribution in [0.15, 0.2) is 60.9 Å². The van der Waals surface area contributed by atoms with Crippen molar-refractivity contribution in [2.45, 2.75) is 26.3 Å². The number of hydrogen-bond donors (Lipinski definition) is 1. The Bertz CT molecular complexity index is 1250. The van der Waals surface area contributed by atoms with Crippen LogP contribution in [0, 0.1) is 12.7 Å². The first kappa shape index (κ1) is 20.3. The van der Waals surface area contributed by atoms with Crippen molar-refractivity contribution in [2.75, 3.05) is 18.9 Å². The zero-order valence-corrected chi connectivity index (χ0v) is 18.2. The molecule has 0 bridgehead atoms. The lowest BCUT2D eigenvalue weighted by Gasteiger charge is -2.26. The molecule has 0 aliphatic carbocycles. The topological polar surface area (TPSA) is 58.9 Å². The molecule has 7 heteroatoms. The lowest BCUT2D eigenvalue weighted by molar-refractivity contribution is 0.307. The van der Waals surface area contributed by atoms with E-state index in [0.717, 1.165) is 53.7 Å². The maximum absolute atomic E-state index is 14.3. The molecule has 0 atom stereocenters. The fourth-order valence-corrected chi connectivity index (χ4v) is 4.13. The summed E-state index contributed by atoms with van der Waals surface area (Å²) in [6.45, 7) is 3.70. The molecule has 0 unspecified atom stereocenters. The molecule has 4 aromatic rings. The Labute approximate surface area is 186 Å². The van der Waals surface area contributed by atoms with Crippen molar-refractivity contribution in [1.29, 1.82) is 0 Å². The quantitative estimate of drug-likeness (QED) is 0.510. The number of nitrogens with one attached hydrogen (secondary N) is 1. The predicted octanol–water partition coefficient (Wildman–Crippen LogP) is 4.43. The third-order valence-corrected chi connectivity index (χ3v) is 5.88. The summed E-state index contributed by atoms with van der Waals surface area (Å²) in [7, 11) is 2.09. The van der Waals surface area contributed by atoms with Gasteiger partial charge in [0.1, 0.15) is 11.6 Å². The molecule has 2 aromatic carbocycles. The van der Waals surface area contributed by atoms with Gasteiger partial charge >= 0.3 is 0 Å². The number of nitrogens with zero attached hydrogens (tertiary/aromatic N) is 5. The van der Waals surface area contributed by atoms with Gasteiger partial charge in [-0.1, -0.05) is 18.2 Å². The second-order valence-electron chi connectivity index (χ2n) is 8.19. The van der Waals surface area contributed by atoms with Gasteiger partial charge in [0.25, 0.3) is 0 Å². The van der Waals surface area contributed by atoms with E-state index in [2.05, 4.69) is 22.2 Å². The number of likely N-dealkylation sites (N-methyl/N-ethyl adjacent to an activating group) is 1. The Kier molecular flexibility index (Phi) is 5.41. The van der Waals surface area contributed by atoms with Crippen LogP contribution in [0.4, 0.5) is 16.0 Å². The molecular weight excluding hydrogens is 403 g/mol. The number of benzene rings is 2. The Morgan fingerprint density at radius 2 is 1.88 bits per heavy atom. The van der Waals surface area contributed by atoms with Crippen molar-refractivity contribution in [3.63, 3.8) is 0 Å². The summed E-state index contributed by atoms with van der Waals surface area (Å²) in [5, 5.41) is 3.34. The zero-order chi connectivity index (χ0) is 22.1. The maximum Gasteiger partial charge on any atom is 0.227 e. The summed E-state index contributed by atoms with van der Waals surface area (Å²) in [5.74, 6) is 1.28. The average molecular weight is 429 g/mol. The Morgan fingerprint density at radius 3 is 2.62 bits per heavy atom. The minimum Gasteiger partial charge on any atom is -0.324 e. The third-order valence-electron chi connectivity index (χ3n) is 5.88. The summed E-state index contributed by atoms with van der Waals surface area (Å²) < 4.78 is 16.4. The highest BCUT2D eigenvalue weighted by atomic mass is 19.1. The molecule has 32 heavy (non-hydrogen) atoms. The number of imidazole rings is 1. The highest BCUT2D eigenvalue weighted by Crippen LogP contribution is 2.25. The van der Waals surface area contributed by atoms with E-state index in [1.165, 1.54) is 6.07 Å². The van der Waals surface area contributed by atoms with Crippen LogP contribution in [0.3, 0.4) is 0 Å². The van der Waals surface area contributed by atoms with Crippen LogP contribution in [0.2, 0.25) is 0 Å². The van der Waals surface area contributed by atoms with Gasteiger partial charge in [0.05, 0.1) is 11.4 Å². The number of halogens is 1.